The summed E-state index contributed by atoms with van der Waals surface area (Å²) in [7, 11) is 4.16. The van der Waals surface area contributed by atoms with E-state index in [1.807, 2.05) is 54.6 Å². The number of para-hydroxylation sites is 1. The van der Waals surface area contributed by atoms with Crippen LogP contribution in [0.3, 0.4) is 0 Å². The lowest BCUT2D eigenvalue weighted by Gasteiger charge is -2.49. The number of benzene rings is 3. The first kappa shape index (κ1) is 45.5. The van der Waals surface area contributed by atoms with Gasteiger partial charge in [-0.1, -0.05) is 35.9 Å². The van der Waals surface area contributed by atoms with E-state index in [0.29, 0.717) is 45.2 Å². The van der Waals surface area contributed by atoms with E-state index >= 15 is 0 Å². The second-order valence-electron chi connectivity index (χ2n) is 20.4. The Balaban J connectivity index is 0.000000178. The van der Waals surface area contributed by atoms with Crippen LogP contribution in [0.4, 0.5) is 11.6 Å². The average molecular weight is 898 g/mol. The number of fused-ring (bicyclic) bond motifs is 1. The summed E-state index contributed by atoms with van der Waals surface area (Å²) in [5.74, 6) is 1.91. The van der Waals surface area contributed by atoms with Crippen LogP contribution in [0.5, 0.6) is 11.5 Å². The van der Waals surface area contributed by atoms with Crippen molar-refractivity contribution in [3.05, 3.63) is 96.4 Å². The van der Waals surface area contributed by atoms with E-state index in [4.69, 9.17) is 11.6 Å². The van der Waals surface area contributed by atoms with Gasteiger partial charge in [-0.15, -0.1) is 20.4 Å². The van der Waals surface area contributed by atoms with E-state index < -0.39 is 0 Å². The second kappa shape index (κ2) is 17.4. The minimum absolute atomic E-state index is 0.0489. The summed E-state index contributed by atoms with van der Waals surface area (Å²) in [5.41, 5.74) is 7.00. The third-order valence-corrected chi connectivity index (χ3v) is 13.0. The highest BCUT2D eigenvalue weighted by Crippen LogP contribution is 2.40. The van der Waals surface area contributed by atoms with Crippen LogP contribution in [0.25, 0.3) is 55.7 Å². The van der Waals surface area contributed by atoms with Crippen molar-refractivity contribution in [1.29, 1.82) is 0 Å². The normalized spacial score (nSPS) is 17.9. The van der Waals surface area contributed by atoms with E-state index in [2.05, 4.69) is 131 Å². The first-order valence-electron chi connectivity index (χ1n) is 22.2. The summed E-state index contributed by atoms with van der Waals surface area (Å²) >= 11 is 6.46. The van der Waals surface area contributed by atoms with Crippen LogP contribution in [0.15, 0.2) is 91.4 Å². The molecule has 0 spiro atoms. The van der Waals surface area contributed by atoms with Crippen LogP contribution in [0.1, 0.15) is 81.1 Å². The predicted molar refractivity (Wildman–Crippen MR) is 261 cm³/mol. The zero-order chi connectivity index (χ0) is 46.5. The van der Waals surface area contributed by atoms with Gasteiger partial charge in [-0.3, -0.25) is 10.2 Å². The number of aromatic nitrogens is 8. The van der Waals surface area contributed by atoms with Crippen molar-refractivity contribution >= 4 is 34.1 Å². The van der Waals surface area contributed by atoms with Gasteiger partial charge in [-0.05, 0) is 135 Å². The fourth-order valence-corrected chi connectivity index (χ4v) is 10.6. The highest BCUT2D eigenvalue weighted by molar-refractivity contribution is 6.33. The van der Waals surface area contributed by atoms with Crippen LogP contribution >= 0.6 is 11.6 Å². The van der Waals surface area contributed by atoms with Crippen LogP contribution in [-0.4, -0.2) is 99.3 Å². The molecule has 7 aromatic rings. The Morgan fingerprint density at radius 3 is 1.63 bits per heavy atom. The van der Waals surface area contributed by atoms with E-state index in [0.717, 1.165) is 64.9 Å². The molecule has 9 rings (SSSR count). The molecule has 65 heavy (non-hydrogen) atoms. The number of halogens is 1. The Bertz CT molecular complexity index is 2730. The lowest BCUT2D eigenvalue weighted by Crippen LogP contribution is -2.62. The smallest absolute Gasteiger partial charge is 0.151 e. The molecule has 0 amide bonds. The highest BCUT2D eigenvalue weighted by atomic mass is 35.5. The van der Waals surface area contributed by atoms with Crippen molar-refractivity contribution in [2.24, 2.45) is 0 Å². The number of phenolic OH excluding ortho intramolecular Hbond substituents is 2. The number of aromatic amines is 2. The quantitative estimate of drug-likeness (QED) is 0.0852. The Morgan fingerprint density at radius 2 is 1.12 bits per heavy atom. The molecule has 0 atom stereocenters. The molecule has 2 aliphatic rings. The summed E-state index contributed by atoms with van der Waals surface area (Å²) in [6.07, 6.45) is 9.28. The van der Waals surface area contributed by atoms with Crippen LogP contribution in [0.2, 0.25) is 5.02 Å². The molecule has 2 aliphatic heterocycles. The van der Waals surface area contributed by atoms with E-state index in [1.165, 1.54) is 0 Å². The molecule has 2 saturated heterocycles. The van der Waals surface area contributed by atoms with E-state index in [-0.39, 0.29) is 33.7 Å². The number of hydrogen-bond donors (Lipinski definition) is 6. The molecule has 0 unspecified atom stereocenters. The maximum atomic E-state index is 10.8. The Kier molecular flexibility index (Phi) is 12.2. The number of nitrogens with zero attached hydrogens (tertiary/aromatic N) is 8. The lowest BCUT2D eigenvalue weighted by atomic mass is 9.79. The molecule has 0 aliphatic carbocycles. The van der Waals surface area contributed by atoms with Gasteiger partial charge in [0.25, 0.3) is 0 Å². The summed E-state index contributed by atoms with van der Waals surface area (Å²) in [6, 6.07) is 23.5. The summed E-state index contributed by atoms with van der Waals surface area (Å²) in [5, 5.41) is 62.1. The molecule has 0 saturated carbocycles. The molecular formula is C50H61ClN12O2. The second-order valence-corrected chi connectivity index (χ2v) is 20.8. The Morgan fingerprint density at radius 1 is 0.569 bits per heavy atom. The monoisotopic (exact) mass is 896 g/mol. The number of nitrogens with one attached hydrogen (secondary N) is 4. The highest BCUT2D eigenvalue weighted by Gasteiger charge is 2.41. The van der Waals surface area contributed by atoms with Gasteiger partial charge >= 0.3 is 0 Å². The van der Waals surface area contributed by atoms with Crippen molar-refractivity contribution in [3.63, 3.8) is 0 Å². The van der Waals surface area contributed by atoms with Gasteiger partial charge in [-0.25, -0.2) is 0 Å². The molecule has 0 bridgehead atoms. The molecule has 0 radical (unpaired) electrons. The molecule has 2 fully saturated rings. The fourth-order valence-electron chi connectivity index (χ4n) is 10.3. The number of hydrogen-bond acceptors (Lipinski definition) is 12. The molecule has 4 aromatic heterocycles. The van der Waals surface area contributed by atoms with Gasteiger partial charge in [-0.2, -0.15) is 10.2 Å². The molecule has 15 heteroatoms. The number of aromatic hydroxyl groups is 2. The summed E-state index contributed by atoms with van der Waals surface area (Å²) < 4.78 is 0. The molecule has 6 heterocycles. The first-order chi connectivity index (χ1) is 30.7. The van der Waals surface area contributed by atoms with Crippen molar-refractivity contribution in [2.75, 3.05) is 23.9 Å². The zero-order valence-electron chi connectivity index (χ0n) is 39.0. The standard InChI is InChI=1S/C27H32N6O.C23H29ClN6O/c1-26(2)14-19(15-27(3,4)32-26)33(5)24-12-11-22(29-30-24)21-10-9-17(13-23(21)34)20-8-6-7-18-16-28-31-25(18)20;1-22(2)10-15(11-23(3,4)29-22)30(5)21-7-6-19(27-28-21)17-8-18(24)16(9-20(17)31)14-12-25-26-13-14/h6-13,16,19,32,34H,14-15H2,1-5H3,(H,28,31);6-9,12-13,15,29,31H,10-11H2,1-5H3,(H,25,26). The van der Waals surface area contributed by atoms with E-state index in [1.54, 1.807) is 36.8 Å². The topological polar surface area (TPSA) is 180 Å². The van der Waals surface area contributed by atoms with Gasteiger partial charge in [0.2, 0.25) is 0 Å². The zero-order valence-corrected chi connectivity index (χ0v) is 39.7. The molecule has 340 valence electrons. The number of phenols is 2. The van der Waals surface area contributed by atoms with Gasteiger partial charge in [0.15, 0.2) is 11.6 Å². The maximum absolute atomic E-state index is 10.8. The summed E-state index contributed by atoms with van der Waals surface area (Å²) in [6.45, 7) is 18.0. The minimum Gasteiger partial charge on any atom is -0.507 e. The largest absolute Gasteiger partial charge is 0.507 e. The number of rotatable bonds is 8. The van der Waals surface area contributed by atoms with Crippen molar-refractivity contribution in [1.82, 2.24) is 51.4 Å². The SMILES string of the molecule is CN(c1ccc(-c2cc(Cl)c(-c3cn[nH]c3)cc2O)nn1)C1CC(C)(C)NC(C)(C)C1.CN(c1ccc(-c2ccc(-c3cccc4cn[nH]c34)cc2O)nn1)C1CC(C)(C)NC(C)(C)C1. The van der Waals surface area contributed by atoms with Crippen molar-refractivity contribution < 1.29 is 10.2 Å². The summed E-state index contributed by atoms with van der Waals surface area (Å²) in [4.78, 5) is 4.44. The first-order valence-corrected chi connectivity index (χ1v) is 22.5. The Hall–Kier alpha value is -6.09. The molecule has 3 aromatic carbocycles. The fraction of sp³-hybridized carbons (Fsp3) is 0.400. The number of anilines is 2. The molecular weight excluding hydrogens is 836 g/mol. The van der Waals surface area contributed by atoms with E-state index in [9.17, 15) is 10.2 Å². The van der Waals surface area contributed by atoms with Crippen molar-refractivity contribution in [3.8, 4) is 56.3 Å². The van der Waals surface area contributed by atoms with Crippen LogP contribution in [-0.2, 0) is 0 Å². The molecule has 14 nitrogen and oxygen atoms in total. The van der Waals surface area contributed by atoms with Crippen molar-refractivity contribution in [2.45, 2.75) is 115 Å². The number of piperidine rings is 2. The van der Waals surface area contributed by atoms with Crippen LogP contribution in [0, 0.1) is 0 Å². The van der Waals surface area contributed by atoms with Gasteiger partial charge in [0, 0.05) is 92.8 Å². The third kappa shape index (κ3) is 10.1. The van der Waals surface area contributed by atoms with Gasteiger partial charge < -0.3 is 30.6 Å². The van der Waals surface area contributed by atoms with Gasteiger partial charge in [0.1, 0.15) is 11.5 Å². The van der Waals surface area contributed by atoms with Gasteiger partial charge in [0.05, 0.1) is 29.3 Å². The third-order valence-electron chi connectivity index (χ3n) is 12.7. The number of H-pyrrole nitrogens is 2. The predicted octanol–water partition coefficient (Wildman–Crippen LogP) is 9.78. The molecule has 6 N–H and O–H groups in total. The maximum Gasteiger partial charge on any atom is 0.151 e. The average Bonchev–Trinajstić information content (AvgIpc) is 3.96. The van der Waals surface area contributed by atoms with Crippen LogP contribution < -0.4 is 20.4 Å². The minimum atomic E-state index is 0.0489. The lowest BCUT2D eigenvalue weighted by molar-refractivity contribution is 0.160. The Labute approximate surface area is 386 Å².